The maximum Gasteiger partial charge on any atom is 0.522 e. The van der Waals surface area contributed by atoms with Crippen LogP contribution < -0.4 is 21.3 Å². The summed E-state index contributed by atoms with van der Waals surface area (Å²) in [4.78, 5) is 61.3. The Morgan fingerprint density at radius 2 is 1.73 bits per heavy atom. The van der Waals surface area contributed by atoms with Crippen LogP contribution in [0.3, 0.4) is 0 Å². The lowest BCUT2D eigenvalue weighted by Gasteiger charge is -2.25. The highest BCUT2D eigenvalue weighted by Gasteiger charge is 2.36. The van der Waals surface area contributed by atoms with Gasteiger partial charge < -0.3 is 21.3 Å². The summed E-state index contributed by atoms with van der Waals surface area (Å²) in [5.41, 5.74) is 0. The summed E-state index contributed by atoms with van der Waals surface area (Å²) in [6, 6.07) is -2.73. The Morgan fingerprint density at radius 3 is 2.24 bits per heavy atom. The first-order valence-electron chi connectivity index (χ1n) is 10.8. The summed E-state index contributed by atoms with van der Waals surface area (Å²) < 4.78 is 40.7. The SMILES string of the molecule is CC(C)C[C@H](NC(=O)C(=O)NC1CC1)C(=O)N[C@@H](C[C@@H]1CCNC1=O)C(=O)COC(F)(F)F. The molecule has 0 unspecified atom stereocenters. The zero-order chi connectivity index (χ0) is 24.8. The zero-order valence-corrected chi connectivity index (χ0v) is 18.4. The van der Waals surface area contributed by atoms with Gasteiger partial charge in [-0.3, -0.25) is 28.7 Å². The summed E-state index contributed by atoms with van der Waals surface area (Å²) >= 11 is 0. The molecule has 186 valence electrons. The number of halogens is 3. The second kappa shape index (κ2) is 11.4. The Balaban J connectivity index is 2.08. The van der Waals surface area contributed by atoms with Crippen LogP contribution in [-0.4, -0.2) is 67.1 Å². The summed E-state index contributed by atoms with van der Waals surface area (Å²) in [5.74, 6) is -4.98. The Hall–Kier alpha value is -2.70. The fourth-order valence-electron chi connectivity index (χ4n) is 3.36. The minimum Gasteiger partial charge on any atom is -0.356 e. The molecule has 0 spiro atoms. The molecule has 2 rings (SSSR count). The number of rotatable bonds is 11. The van der Waals surface area contributed by atoms with Gasteiger partial charge in [0.05, 0.1) is 6.04 Å². The van der Waals surface area contributed by atoms with Crippen LogP contribution in [0.1, 0.15) is 46.0 Å². The third kappa shape index (κ3) is 9.36. The first-order valence-corrected chi connectivity index (χ1v) is 10.8. The van der Waals surface area contributed by atoms with E-state index in [1.165, 1.54) is 0 Å². The Morgan fingerprint density at radius 1 is 1.06 bits per heavy atom. The van der Waals surface area contributed by atoms with Crippen LogP contribution in [0.2, 0.25) is 0 Å². The molecule has 1 aliphatic carbocycles. The van der Waals surface area contributed by atoms with E-state index in [0.29, 0.717) is 13.0 Å². The molecule has 4 amide bonds. The quantitative estimate of drug-likeness (QED) is 0.306. The van der Waals surface area contributed by atoms with Gasteiger partial charge in [-0.25, -0.2) is 0 Å². The average Bonchev–Trinajstić information content (AvgIpc) is 3.43. The molecule has 1 saturated carbocycles. The molecule has 1 saturated heterocycles. The number of carbonyl (C=O) groups is 5. The molecule has 10 nitrogen and oxygen atoms in total. The molecular weight excluding hydrogens is 449 g/mol. The van der Waals surface area contributed by atoms with E-state index in [-0.39, 0.29) is 30.7 Å². The average molecular weight is 478 g/mol. The van der Waals surface area contributed by atoms with Crippen molar-refractivity contribution >= 4 is 29.4 Å². The van der Waals surface area contributed by atoms with Crippen LogP contribution in [0.4, 0.5) is 13.2 Å². The van der Waals surface area contributed by atoms with Crippen molar-refractivity contribution in [2.45, 2.75) is 70.4 Å². The zero-order valence-electron chi connectivity index (χ0n) is 18.4. The Labute approximate surface area is 188 Å². The smallest absolute Gasteiger partial charge is 0.356 e. The van der Waals surface area contributed by atoms with E-state index in [1.807, 2.05) is 0 Å². The number of Topliss-reactive ketones (excluding diaryl/α,β-unsaturated/α-hetero) is 1. The number of alkyl halides is 3. The molecular formula is C20H29F3N4O6. The van der Waals surface area contributed by atoms with Crippen molar-refractivity contribution in [2.75, 3.05) is 13.2 Å². The van der Waals surface area contributed by atoms with E-state index in [0.717, 1.165) is 12.8 Å². The Bertz CT molecular complexity index is 769. The highest BCUT2D eigenvalue weighted by atomic mass is 19.4. The van der Waals surface area contributed by atoms with Gasteiger partial charge in [-0.15, -0.1) is 13.2 Å². The second-order valence-corrected chi connectivity index (χ2v) is 8.68. The standard InChI is InChI=1S/C20H29F3N4O6/c1-10(2)7-14(27-19(32)18(31)25-12-3-4-12)17(30)26-13(8-11-5-6-24-16(11)29)15(28)9-33-20(21,22)23/h10-14H,3-9H2,1-2H3,(H,24,29)(H,25,31)(H,26,30)(H,27,32)/t11-,13-,14-/m0/s1. The van der Waals surface area contributed by atoms with E-state index in [4.69, 9.17) is 0 Å². The van der Waals surface area contributed by atoms with Crippen molar-refractivity contribution in [1.82, 2.24) is 21.3 Å². The van der Waals surface area contributed by atoms with Gasteiger partial charge in [0.2, 0.25) is 11.8 Å². The topological polar surface area (TPSA) is 143 Å². The maximum absolute atomic E-state index is 12.9. The Kier molecular flexibility index (Phi) is 9.20. The van der Waals surface area contributed by atoms with Crippen molar-refractivity contribution < 1.29 is 41.9 Å². The maximum atomic E-state index is 12.9. The van der Waals surface area contributed by atoms with Crippen LogP contribution in [0.15, 0.2) is 0 Å². The van der Waals surface area contributed by atoms with Crippen molar-refractivity contribution in [3.05, 3.63) is 0 Å². The van der Waals surface area contributed by atoms with E-state index in [9.17, 15) is 37.1 Å². The number of ether oxygens (including phenoxy) is 1. The van der Waals surface area contributed by atoms with E-state index >= 15 is 0 Å². The van der Waals surface area contributed by atoms with Crippen molar-refractivity contribution in [1.29, 1.82) is 0 Å². The monoisotopic (exact) mass is 478 g/mol. The van der Waals surface area contributed by atoms with Gasteiger partial charge in [0.25, 0.3) is 0 Å². The number of amides is 4. The molecule has 1 heterocycles. The van der Waals surface area contributed by atoms with E-state index in [2.05, 4.69) is 26.0 Å². The summed E-state index contributed by atoms with van der Waals surface area (Å²) in [6.07, 6.45) is -3.29. The third-order valence-electron chi connectivity index (χ3n) is 5.21. The molecule has 4 N–H and O–H groups in total. The molecule has 2 fully saturated rings. The number of nitrogens with one attached hydrogen (secondary N) is 4. The van der Waals surface area contributed by atoms with Crippen molar-refractivity contribution in [3.8, 4) is 0 Å². The van der Waals surface area contributed by atoms with Gasteiger partial charge in [-0.1, -0.05) is 13.8 Å². The van der Waals surface area contributed by atoms with Crippen molar-refractivity contribution in [3.63, 3.8) is 0 Å². The van der Waals surface area contributed by atoms with Gasteiger partial charge in [0.1, 0.15) is 12.6 Å². The normalized spacial score (nSPS) is 20.1. The molecule has 1 aliphatic heterocycles. The van der Waals surface area contributed by atoms with Gasteiger partial charge in [0.15, 0.2) is 5.78 Å². The first-order chi connectivity index (χ1) is 15.4. The lowest BCUT2D eigenvalue weighted by molar-refractivity contribution is -0.321. The number of hydrogen-bond acceptors (Lipinski definition) is 6. The number of hydrogen-bond donors (Lipinski definition) is 4. The molecule has 3 atom stereocenters. The lowest BCUT2D eigenvalue weighted by Crippen LogP contribution is -2.55. The molecule has 0 radical (unpaired) electrons. The lowest BCUT2D eigenvalue weighted by atomic mass is 9.95. The minimum absolute atomic E-state index is 0.0752. The van der Waals surface area contributed by atoms with Gasteiger partial charge in [-0.05, 0) is 38.0 Å². The molecule has 0 bridgehead atoms. The fourth-order valence-corrected chi connectivity index (χ4v) is 3.36. The first kappa shape index (κ1) is 26.6. The fraction of sp³-hybridized carbons (Fsp3) is 0.750. The van der Waals surface area contributed by atoms with Crippen LogP contribution >= 0.6 is 0 Å². The number of ketones is 1. The predicted octanol–water partition coefficient (Wildman–Crippen LogP) is -0.0876. The highest BCUT2D eigenvalue weighted by Crippen LogP contribution is 2.20. The summed E-state index contributed by atoms with van der Waals surface area (Å²) in [5, 5.41) is 9.71. The van der Waals surface area contributed by atoms with Gasteiger partial charge in [-0.2, -0.15) is 0 Å². The molecule has 0 aromatic carbocycles. The van der Waals surface area contributed by atoms with Crippen LogP contribution in [-0.2, 0) is 28.7 Å². The van der Waals surface area contributed by atoms with Crippen LogP contribution in [0.25, 0.3) is 0 Å². The van der Waals surface area contributed by atoms with E-state index < -0.39 is 54.5 Å². The summed E-state index contributed by atoms with van der Waals surface area (Å²) in [7, 11) is 0. The molecule has 0 aromatic heterocycles. The van der Waals surface area contributed by atoms with E-state index in [1.54, 1.807) is 13.8 Å². The largest absolute Gasteiger partial charge is 0.522 e. The molecule has 33 heavy (non-hydrogen) atoms. The highest BCUT2D eigenvalue weighted by molar-refractivity contribution is 6.35. The third-order valence-corrected chi connectivity index (χ3v) is 5.21. The molecule has 13 heteroatoms. The van der Waals surface area contributed by atoms with Gasteiger partial charge in [0, 0.05) is 18.5 Å². The number of carbonyl (C=O) groups excluding carboxylic acids is 5. The second-order valence-electron chi connectivity index (χ2n) is 8.68. The summed E-state index contributed by atoms with van der Waals surface area (Å²) in [6.45, 7) is 2.53. The van der Waals surface area contributed by atoms with Crippen molar-refractivity contribution in [2.24, 2.45) is 11.8 Å². The molecule has 2 aliphatic rings. The molecule has 0 aromatic rings. The minimum atomic E-state index is -5.04. The predicted molar refractivity (Wildman–Crippen MR) is 107 cm³/mol. The van der Waals surface area contributed by atoms with Gasteiger partial charge >= 0.3 is 18.2 Å². The van der Waals surface area contributed by atoms with Crippen LogP contribution in [0, 0.1) is 11.8 Å². The van der Waals surface area contributed by atoms with Crippen LogP contribution in [0.5, 0.6) is 0 Å².